The summed E-state index contributed by atoms with van der Waals surface area (Å²) in [6.07, 6.45) is 9.02. The highest BCUT2D eigenvalue weighted by Gasteiger charge is 2.15. The molecule has 0 unspecified atom stereocenters. The Kier molecular flexibility index (Phi) is 3.42. The Hall–Kier alpha value is -2.89. The van der Waals surface area contributed by atoms with Gasteiger partial charge in [0, 0.05) is 35.9 Å². The van der Waals surface area contributed by atoms with Gasteiger partial charge in [0.25, 0.3) is 0 Å². The summed E-state index contributed by atoms with van der Waals surface area (Å²) < 4.78 is 0. The number of rotatable bonds is 4. The van der Waals surface area contributed by atoms with E-state index in [1.165, 1.54) is 0 Å². The average molecular weight is 306 g/mol. The highest BCUT2D eigenvalue weighted by Crippen LogP contribution is 2.26. The molecule has 6 heteroatoms. The third-order valence-corrected chi connectivity index (χ3v) is 3.91. The number of benzene rings is 1. The van der Waals surface area contributed by atoms with Gasteiger partial charge in [-0.25, -0.2) is 4.98 Å². The van der Waals surface area contributed by atoms with Crippen molar-refractivity contribution in [3.63, 3.8) is 0 Å². The molecule has 4 rings (SSSR count). The highest BCUT2D eigenvalue weighted by atomic mass is 15.2. The van der Waals surface area contributed by atoms with Crippen LogP contribution in [0.4, 0.5) is 17.5 Å². The van der Waals surface area contributed by atoms with E-state index < -0.39 is 0 Å². The molecular formula is C17H18N6. The molecule has 2 N–H and O–H groups in total. The Labute approximate surface area is 134 Å². The topological polar surface area (TPSA) is 69.7 Å². The average Bonchev–Trinajstić information content (AvgIpc) is 3.03. The van der Waals surface area contributed by atoms with Crippen molar-refractivity contribution in [1.29, 1.82) is 0 Å². The van der Waals surface area contributed by atoms with Gasteiger partial charge in [0.05, 0.1) is 11.7 Å². The molecule has 0 spiro atoms. The van der Waals surface area contributed by atoms with Crippen molar-refractivity contribution in [2.24, 2.45) is 0 Å². The summed E-state index contributed by atoms with van der Waals surface area (Å²) in [6.45, 7) is 4.07. The number of aromatic amines is 1. The fraction of sp³-hybridized carbons (Fsp3) is 0.235. The highest BCUT2D eigenvalue weighted by molar-refractivity contribution is 5.82. The van der Waals surface area contributed by atoms with Crippen LogP contribution >= 0.6 is 0 Å². The van der Waals surface area contributed by atoms with E-state index in [0.717, 1.165) is 47.5 Å². The Morgan fingerprint density at radius 2 is 2.26 bits per heavy atom. The Morgan fingerprint density at radius 3 is 3.17 bits per heavy atom. The molecule has 0 saturated carbocycles. The summed E-state index contributed by atoms with van der Waals surface area (Å²) in [5.41, 5.74) is 3.04. The predicted octanol–water partition coefficient (Wildman–Crippen LogP) is 3.34. The van der Waals surface area contributed by atoms with E-state index in [4.69, 9.17) is 4.98 Å². The van der Waals surface area contributed by atoms with Crippen molar-refractivity contribution in [3.8, 4) is 0 Å². The van der Waals surface area contributed by atoms with E-state index in [1.54, 1.807) is 0 Å². The smallest absolute Gasteiger partial charge is 0.229 e. The zero-order chi connectivity index (χ0) is 15.6. The van der Waals surface area contributed by atoms with Gasteiger partial charge in [-0.3, -0.25) is 5.10 Å². The molecule has 0 aliphatic carbocycles. The molecule has 3 heterocycles. The van der Waals surface area contributed by atoms with Gasteiger partial charge in [-0.15, -0.1) is 0 Å². The van der Waals surface area contributed by atoms with E-state index in [2.05, 4.69) is 44.5 Å². The molecule has 3 aromatic rings. The third kappa shape index (κ3) is 2.63. The second-order valence-electron chi connectivity index (χ2n) is 5.62. The van der Waals surface area contributed by atoms with Crippen LogP contribution in [0.2, 0.25) is 0 Å². The van der Waals surface area contributed by atoms with Gasteiger partial charge in [0.2, 0.25) is 5.95 Å². The van der Waals surface area contributed by atoms with Gasteiger partial charge in [0.1, 0.15) is 5.82 Å². The lowest BCUT2D eigenvalue weighted by atomic mass is 10.2. The summed E-state index contributed by atoms with van der Waals surface area (Å²) in [5.74, 6) is 1.61. The van der Waals surface area contributed by atoms with Crippen LogP contribution in [-0.4, -0.2) is 33.3 Å². The van der Waals surface area contributed by atoms with Crippen molar-refractivity contribution < 1.29 is 0 Å². The summed E-state index contributed by atoms with van der Waals surface area (Å²) in [7, 11) is 0. The van der Waals surface area contributed by atoms with Gasteiger partial charge < -0.3 is 10.2 Å². The normalized spacial score (nSPS) is 13.3. The van der Waals surface area contributed by atoms with Gasteiger partial charge in [-0.2, -0.15) is 10.1 Å². The molecule has 1 aliphatic heterocycles. The van der Waals surface area contributed by atoms with Crippen LogP contribution in [0.5, 0.6) is 0 Å². The maximum absolute atomic E-state index is 4.71. The van der Waals surface area contributed by atoms with Crippen LogP contribution in [0.3, 0.4) is 0 Å². The minimum absolute atomic E-state index is 0.614. The van der Waals surface area contributed by atoms with Crippen LogP contribution in [0.25, 0.3) is 17.0 Å². The largest absolute Gasteiger partial charge is 0.352 e. The first-order valence-corrected chi connectivity index (χ1v) is 7.82. The maximum atomic E-state index is 4.71. The molecule has 6 nitrogen and oxygen atoms in total. The second-order valence-corrected chi connectivity index (χ2v) is 5.62. The van der Waals surface area contributed by atoms with Gasteiger partial charge in [-0.1, -0.05) is 19.1 Å². The van der Waals surface area contributed by atoms with E-state index in [-0.39, 0.29) is 0 Å². The van der Waals surface area contributed by atoms with E-state index in [0.29, 0.717) is 5.95 Å². The first kappa shape index (κ1) is 13.8. The fourth-order valence-corrected chi connectivity index (χ4v) is 2.82. The van der Waals surface area contributed by atoms with Crippen LogP contribution in [-0.2, 0) is 0 Å². The number of nitrogens with zero attached hydrogens (tertiary/aromatic N) is 4. The van der Waals surface area contributed by atoms with Gasteiger partial charge in [-0.05, 0) is 24.6 Å². The Balaban J connectivity index is 1.64. The van der Waals surface area contributed by atoms with Crippen LogP contribution in [0.15, 0.2) is 36.7 Å². The number of anilines is 3. The number of nitrogens with one attached hydrogen (secondary N) is 2. The molecule has 0 amide bonds. The molecule has 116 valence electrons. The zero-order valence-corrected chi connectivity index (χ0v) is 13.0. The first-order chi connectivity index (χ1) is 11.3. The predicted molar refractivity (Wildman–Crippen MR) is 92.9 cm³/mol. The fourth-order valence-electron chi connectivity index (χ4n) is 2.82. The summed E-state index contributed by atoms with van der Waals surface area (Å²) in [5, 5.41) is 11.3. The number of hydrogen-bond donors (Lipinski definition) is 2. The van der Waals surface area contributed by atoms with Crippen molar-refractivity contribution in [2.45, 2.75) is 13.3 Å². The number of H-pyrrole nitrogens is 1. The maximum Gasteiger partial charge on any atom is 0.229 e. The standard InChI is InChI=1S/C17H18N6/c1-2-7-23-8-3-4-12-10-18-17(21-16(12)23)20-14-5-6-15-13(9-14)11-19-22-15/h3-6,9-11H,2,7-8H2,1H3,(H,19,22)(H,18,20,21). The van der Waals surface area contributed by atoms with Crippen molar-refractivity contribution in [2.75, 3.05) is 23.3 Å². The molecule has 0 atom stereocenters. The number of hydrogen-bond acceptors (Lipinski definition) is 5. The molecule has 2 aromatic heterocycles. The minimum Gasteiger partial charge on any atom is -0.352 e. The minimum atomic E-state index is 0.614. The van der Waals surface area contributed by atoms with Crippen LogP contribution in [0.1, 0.15) is 18.9 Å². The first-order valence-electron chi connectivity index (χ1n) is 7.82. The molecule has 0 fully saturated rings. The van der Waals surface area contributed by atoms with E-state index >= 15 is 0 Å². The number of fused-ring (bicyclic) bond motifs is 2. The second kappa shape index (κ2) is 5.72. The lowest BCUT2D eigenvalue weighted by molar-refractivity contribution is 0.795. The van der Waals surface area contributed by atoms with Crippen molar-refractivity contribution in [1.82, 2.24) is 20.2 Å². The molecule has 0 bridgehead atoms. The lowest BCUT2D eigenvalue weighted by Crippen LogP contribution is -2.28. The Morgan fingerprint density at radius 1 is 1.30 bits per heavy atom. The number of aromatic nitrogens is 4. The molecular weight excluding hydrogens is 288 g/mol. The van der Waals surface area contributed by atoms with Crippen molar-refractivity contribution in [3.05, 3.63) is 42.2 Å². The van der Waals surface area contributed by atoms with E-state index in [1.807, 2.05) is 30.6 Å². The van der Waals surface area contributed by atoms with Crippen molar-refractivity contribution >= 4 is 34.4 Å². The van der Waals surface area contributed by atoms with Crippen LogP contribution < -0.4 is 10.2 Å². The van der Waals surface area contributed by atoms with Gasteiger partial charge in [0.15, 0.2) is 0 Å². The molecule has 23 heavy (non-hydrogen) atoms. The van der Waals surface area contributed by atoms with Gasteiger partial charge >= 0.3 is 0 Å². The third-order valence-electron chi connectivity index (χ3n) is 3.91. The molecule has 1 aromatic carbocycles. The summed E-state index contributed by atoms with van der Waals surface area (Å²) in [4.78, 5) is 11.4. The summed E-state index contributed by atoms with van der Waals surface area (Å²) >= 11 is 0. The quantitative estimate of drug-likeness (QED) is 0.773. The van der Waals surface area contributed by atoms with E-state index in [9.17, 15) is 0 Å². The molecule has 1 aliphatic rings. The monoisotopic (exact) mass is 306 g/mol. The Bertz CT molecular complexity index is 866. The SMILES string of the molecule is CCCN1CC=Cc2cnc(Nc3ccc4[nH]ncc4c3)nc21. The zero-order valence-electron chi connectivity index (χ0n) is 13.0. The summed E-state index contributed by atoms with van der Waals surface area (Å²) in [6, 6.07) is 6.02. The lowest BCUT2D eigenvalue weighted by Gasteiger charge is -2.26. The molecule has 0 radical (unpaired) electrons. The molecule has 0 saturated heterocycles. The van der Waals surface area contributed by atoms with Crippen LogP contribution in [0, 0.1) is 0 Å².